The van der Waals surface area contributed by atoms with Gasteiger partial charge in [-0.15, -0.1) is 0 Å². The van der Waals surface area contributed by atoms with Crippen molar-refractivity contribution in [3.05, 3.63) is 40.4 Å². The van der Waals surface area contributed by atoms with Gasteiger partial charge < -0.3 is 5.32 Å². The highest BCUT2D eigenvalue weighted by atomic mass is 79.9. The maximum absolute atomic E-state index is 13.3. The summed E-state index contributed by atoms with van der Waals surface area (Å²) in [6, 6.07) is 7.88. The number of rotatable bonds is 2. The van der Waals surface area contributed by atoms with Crippen molar-refractivity contribution in [2.24, 2.45) is 34.5 Å². The lowest BCUT2D eigenvalue weighted by Crippen LogP contribution is -2.51. The number of hydrogen-bond acceptors (Lipinski definition) is 2. The summed E-state index contributed by atoms with van der Waals surface area (Å²) < 4.78 is 0.938. The largest absolute Gasteiger partial charge is 0.325 e. The van der Waals surface area contributed by atoms with Gasteiger partial charge in [0.25, 0.3) is 0 Å². The Morgan fingerprint density at radius 1 is 1.03 bits per heavy atom. The van der Waals surface area contributed by atoms with E-state index in [9.17, 15) is 9.59 Å². The van der Waals surface area contributed by atoms with Crippen LogP contribution in [0.2, 0.25) is 0 Å². The van der Waals surface area contributed by atoms with Gasteiger partial charge in [-0.1, -0.05) is 31.6 Å². The van der Waals surface area contributed by atoms with Gasteiger partial charge >= 0.3 is 0 Å². The molecule has 1 aromatic carbocycles. The van der Waals surface area contributed by atoms with Crippen molar-refractivity contribution in [3.8, 4) is 0 Å². The third kappa shape index (κ3) is 3.04. The average molecular weight is 470 g/mol. The molecule has 4 aliphatic carbocycles. The normalized spacial score (nSPS) is 40.1. The summed E-state index contributed by atoms with van der Waals surface area (Å²) in [5.41, 5.74) is 2.59. The van der Waals surface area contributed by atoms with Gasteiger partial charge in [-0.25, -0.2) is 0 Å². The Morgan fingerprint density at radius 3 is 2.63 bits per heavy atom. The van der Waals surface area contributed by atoms with Crippen molar-refractivity contribution in [3.63, 3.8) is 0 Å². The molecule has 1 amide bonds. The van der Waals surface area contributed by atoms with Crippen molar-refractivity contribution in [1.82, 2.24) is 0 Å². The summed E-state index contributed by atoms with van der Waals surface area (Å²) >= 11 is 3.56. The number of fused-ring (bicyclic) bond motifs is 5. The number of allylic oxidation sites excluding steroid dienone is 1. The predicted molar refractivity (Wildman–Crippen MR) is 123 cm³/mol. The van der Waals surface area contributed by atoms with Crippen molar-refractivity contribution < 1.29 is 9.59 Å². The predicted octanol–water partition coefficient (Wildman–Crippen LogP) is 6.54. The lowest BCUT2D eigenvalue weighted by molar-refractivity contribution is -0.127. The molecule has 1 aromatic rings. The van der Waals surface area contributed by atoms with Crippen LogP contribution in [0, 0.1) is 34.5 Å². The van der Waals surface area contributed by atoms with Crippen LogP contribution in [0.15, 0.2) is 40.4 Å². The number of para-hydroxylation sites is 1. The van der Waals surface area contributed by atoms with Gasteiger partial charge in [-0.3, -0.25) is 9.59 Å². The number of anilines is 1. The molecule has 0 radical (unpaired) electrons. The molecule has 3 saturated carbocycles. The minimum atomic E-state index is 0.0910. The molecule has 0 aliphatic heterocycles. The van der Waals surface area contributed by atoms with Crippen LogP contribution in [0.4, 0.5) is 5.69 Å². The van der Waals surface area contributed by atoms with Gasteiger partial charge in [0.05, 0.1) is 5.69 Å². The number of ketones is 1. The van der Waals surface area contributed by atoms with Crippen LogP contribution in [0.1, 0.15) is 65.2 Å². The van der Waals surface area contributed by atoms with Crippen LogP contribution in [0.25, 0.3) is 0 Å². The van der Waals surface area contributed by atoms with E-state index in [4.69, 9.17) is 0 Å². The van der Waals surface area contributed by atoms with E-state index in [1.807, 2.05) is 30.3 Å². The maximum atomic E-state index is 13.3. The zero-order chi connectivity index (χ0) is 21.1. The zero-order valence-corrected chi connectivity index (χ0v) is 19.6. The molecule has 0 spiro atoms. The molecular formula is C26H32BrNO2. The molecule has 4 heteroatoms. The number of halogens is 1. The molecule has 5 rings (SSSR count). The van der Waals surface area contributed by atoms with Crippen molar-refractivity contribution in [2.45, 2.75) is 65.2 Å². The Labute approximate surface area is 188 Å². The molecule has 4 aliphatic rings. The first-order valence-corrected chi connectivity index (χ1v) is 12.4. The molecule has 6 atom stereocenters. The highest BCUT2D eigenvalue weighted by Crippen LogP contribution is 2.66. The summed E-state index contributed by atoms with van der Waals surface area (Å²) in [5.74, 6) is 2.60. The molecule has 30 heavy (non-hydrogen) atoms. The third-order valence-corrected chi connectivity index (χ3v) is 10.1. The SMILES string of the molecule is C[C@]12CCC(=O)C=C1CC[C@@H]1[C@H]2CC[C@]2(C)C(C(=O)Nc3ccccc3Br)CC[C@@H]12. The summed E-state index contributed by atoms with van der Waals surface area (Å²) in [7, 11) is 0. The second-order valence-corrected chi connectivity index (χ2v) is 11.5. The van der Waals surface area contributed by atoms with Gasteiger partial charge in [0.1, 0.15) is 0 Å². The number of hydrogen-bond donors (Lipinski definition) is 1. The van der Waals surface area contributed by atoms with E-state index in [0.29, 0.717) is 30.0 Å². The van der Waals surface area contributed by atoms with Crippen LogP contribution in [0.5, 0.6) is 0 Å². The topological polar surface area (TPSA) is 46.2 Å². The smallest absolute Gasteiger partial charge is 0.228 e. The highest BCUT2D eigenvalue weighted by molar-refractivity contribution is 9.10. The number of nitrogens with one attached hydrogen (secondary N) is 1. The average Bonchev–Trinajstić information content (AvgIpc) is 3.07. The lowest BCUT2D eigenvalue weighted by atomic mass is 9.47. The Morgan fingerprint density at radius 2 is 1.83 bits per heavy atom. The lowest BCUT2D eigenvalue weighted by Gasteiger charge is -2.58. The molecule has 1 unspecified atom stereocenters. The Hall–Kier alpha value is -1.42. The molecule has 3 fully saturated rings. The molecule has 0 bridgehead atoms. The Kier molecular flexibility index (Phi) is 5.00. The summed E-state index contributed by atoms with van der Waals surface area (Å²) in [5, 5.41) is 3.21. The van der Waals surface area contributed by atoms with Gasteiger partial charge in [0.15, 0.2) is 5.78 Å². The fourth-order valence-electron chi connectivity index (χ4n) is 7.77. The standard InChI is InChI=1S/C26H32BrNO2/c1-25-13-11-17(29)15-16(25)7-8-18-19-9-10-21(26(19,2)14-12-20(18)25)24(30)28-23-6-4-3-5-22(23)27/h3-6,15,18-21H,7-14H2,1-2H3,(H,28,30)/t18-,19-,20+,21?,25-,26-/m0/s1. The molecule has 0 aromatic heterocycles. The first-order valence-electron chi connectivity index (χ1n) is 11.6. The van der Waals surface area contributed by atoms with Gasteiger partial charge in [0, 0.05) is 16.8 Å². The van der Waals surface area contributed by atoms with Crippen molar-refractivity contribution >= 4 is 33.3 Å². The van der Waals surface area contributed by atoms with E-state index in [1.165, 1.54) is 24.8 Å². The first-order chi connectivity index (χ1) is 14.3. The second kappa shape index (κ2) is 7.32. The summed E-state index contributed by atoms with van der Waals surface area (Å²) in [6.07, 6.45) is 10.5. The number of benzene rings is 1. The van der Waals surface area contributed by atoms with Crippen LogP contribution in [0.3, 0.4) is 0 Å². The van der Waals surface area contributed by atoms with Crippen LogP contribution in [-0.4, -0.2) is 11.7 Å². The number of carbonyl (C=O) groups is 2. The van der Waals surface area contributed by atoms with E-state index in [1.54, 1.807) is 0 Å². The van der Waals surface area contributed by atoms with E-state index in [-0.39, 0.29) is 22.7 Å². The monoisotopic (exact) mass is 469 g/mol. The van der Waals surface area contributed by atoms with E-state index in [0.717, 1.165) is 35.8 Å². The highest BCUT2D eigenvalue weighted by Gasteiger charge is 2.60. The second-order valence-electron chi connectivity index (χ2n) is 10.6. The van der Waals surface area contributed by atoms with Gasteiger partial charge in [-0.05, 0) is 108 Å². The maximum Gasteiger partial charge on any atom is 0.228 e. The minimum absolute atomic E-state index is 0.0910. The van der Waals surface area contributed by atoms with Gasteiger partial charge in [-0.2, -0.15) is 0 Å². The van der Waals surface area contributed by atoms with E-state index < -0.39 is 0 Å². The zero-order valence-electron chi connectivity index (χ0n) is 18.0. The molecular weight excluding hydrogens is 438 g/mol. The quantitative estimate of drug-likeness (QED) is 0.534. The first kappa shape index (κ1) is 20.5. The third-order valence-electron chi connectivity index (χ3n) is 9.41. The molecule has 0 heterocycles. The van der Waals surface area contributed by atoms with E-state index in [2.05, 4.69) is 35.1 Å². The molecule has 160 valence electrons. The minimum Gasteiger partial charge on any atom is -0.325 e. The summed E-state index contributed by atoms with van der Waals surface area (Å²) in [6.45, 7) is 4.82. The van der Waals surface area contributed by atoms with Crippen molar-refractivity contribution in [1.29, 1.82) is 0 Å². The molecule has 0 saturated heterocycles. The summed E-state index contributed by atoms with van der Waals surface area (Å²) in [4.78, 5) is 25.4. The van der Waals surface area contributed by atoms with Crippen LogP contribution >= 0.6 is 15.9 Å². The Balaban J connectivity index is 1.38. The number of carbonyl (C=O) groups excluding carboxylic acids is 2. The van der Waals surface area contributed by atoms with E-state index >= 15 is 0 Å². The Bertz CT molecular complexity index is 923. The van der Waals surface area contributed by atoms with Crippen molar-refractivity contribution in [2.75, 3.05) is 5.32 Å². The van der Waals surface area contributed by atoms with Crippen LogP contribution in [-0.2, 0) is 9.59 Å². The van der Waals surface area contributed by atoms with Gasteiger partial charge in [0.2, 0.25) is 5.91 Å². The molecule has 3 nitrogen and oxygen atoms in total. The fourth-order valence-corrected chi connectivity index (χ4v) is 8.16. The van der Waals surface area contributed by atoms with Crippen LogP contribution < -0.4 is 5.32 Å². The molecule has 1 N–H and O–H groups in total. The number of amides is 1. The fraction of sp³-hybridized carbons (Fsp3) is 0.615.